The second-order valence-electron chi connectivity index (χ2n) is 23.7. The molecule has 9 rings (SSSR count). The highest BCUT2D eigenvalue weighted by atomic mass is 16.5. The van der Waals surface area contributed by atoms with E-state index < -0.39 is 17.3 Å². The van der Waals surface area contributed by atoms with Crippen LogP contribution in [0.1, 0.15) is 158 Å². The number of benzene rings is 1. The van der Waals surface area contributed by atoms with Crippen LogP contribution in [0, 0.1) is 79.8 Å². The largest absolute Gasteiger partial charge is 0.497 e. The number of likely N-dealkylation sites (tertiary alicyclic amines) is 1. The summed E-state index contributed by atoms with van der Waals surface area (Å²) in [6, 6.07) is 8.05. The molecule has 61 heavy (non-hydrogen) atoms. The standard InChI is InChI=1S/C52H75N3O6/c1-30(2)33-19-24-52(46(59)55-27-11-12-38(55)43-53-29-37(54-43)31-13-15-32(60-10)16-14-31)26-25-50(8)34(42(33)52)17-18-40-49(7)22-21-41(48(5,6)39(49)20-23-51(40,50)9)61-45(58)36-28-35(44(56)57)47(36,3)4/h13-16,29-30,33-36,38-42H,11-12,17-28H2,1-10H3,(H,53,54)(H,56,57)/t33-,34+,35-,36+,38?,39-,40+,41-,42+,49-,50+,51+,52-/m0/s1. The minimum atomic E-state index is -0.815. The lowest BCUT2D eigenvalue weighted by atomic mass is 9.32. The Morgan fingerprint density at radius 3 is 2.23 bits per heavy atom. The molecular formula is C52H75N3O6. The fourth-order valence-corrected chi connectivity index (χ4v) is 16.9. The van der Waals surface area contributed by atoms with Crippen molar-refractivity contribution in [1.82, 2.24) is 14.9 Å². The van der Waals surface area contributed by atoms with Crippen LogP contribution < -0.4 is 4.74 Å². The maximum Gasteiger partial charge on any atom is 0.309 e. The highest BCUT2D eigenvalue weighted by molar-refractivity contribution is 5.85. The van der Waals surface area contributed by atoms with Crippen molar-refractivity contribution in [3.8, 4) is 17.0 Å². The van der Waals surface area contributed by atoms with Crippen LogP contribution in [0.15, 0.2) is 30.5 Å². The van der Waals surface area contributed by atoms with Gasteiger partial charge in [-0.25, -0.2) is 4.98 Å². The predicted octanol–water partition coefficient (Wildman–Crippen LogP) is 11.1. The lowest BCUT2D eigenvalue weighted by Crippen LogP contribution is -2.67. The molecule has 1 amide bonds. The first kappa shape index (κ1) is 42.9. The van der Waals surface area contributed by atoms with Gasteiger partial charge in [0.05, 0.1) is 42.3 Å². The lowest BCUT2D eigenvalue weighted by Gasteiger charge is -2.73. The first-order chi connectivity index (χ1) is 28.7. The molecular weight excluding hydrogens is 763 g/mol. The Labute approximate surface area is 365 Å². The highest BCUT2D eigenvalue weighted by Gasteiger charge is 2.73. The second-order valence-corrected chi connectivity index (χ2v) is 23.7. The topological polar surface area (TPSA) is 122 Å². The van der Waals surface area contributed by atoms with Gasteiger partial charge in [-0.05, 0) is 170 Å². The van der Waals surface area contributed by atoms with Crippen LogP contribution in [0.5, 0.6) is 5.75 Å². The summed E-state index contributed by atoms with van der Waals surface area (Å²) in [7, 11) is 1.69. The summed E-state index contributed by atoms with van der Waals surface area (Å²) >= 11 is 0. The number of carboxylic acids is 1. The number of aromatic nitrogens is 2. The fraction of sp³-hybridized carbons (Fsp3) is 0.769. The quantitative estimate of drug-likeness (QED) is 0.254. The van der Waals surface area contributed by atoms with E-state index in [2.05, 4.69) is 70.5 Å². The van der Waals surface area contributed by atoms with Gasteiger partial charge in [0, 0.05) is 12.0 Å². The van der Waals surface area contributed by atoms with E-state index in [-0.39, 0.29) is 51.1 Å². The van der Waals surface area contributed by atoms with Gasteiger partial charge in [-0.2, -0.15) is 0 Å². The molecule has 1 aromatic carbocycles. The number of carboxylic acid groups (broad SMARTS) is 1. The lowest BCUT2D eigenvalue weighted by molar-refractivity contribution is -0.252. The smallest absolute Gasteiger partial charge is 0.309 e. The molecule has 0 spiro atoms. The molecule has 334 valence electrons. The van der Waals surface area contributed by atoms with Crippen molar-refractivity contribution in [3.05, 3.63) is 36.3 Å². The third kappa shape index (κ3) is 6.09. The summed E-state index contributed by atoms with van der Waals surface area (Å²) in [4.78, 5) is 52.0. The molecule has 9 heteroatoms. The molecule has 7 aliphatic rings. The van der Waals surface area contributed by atoms with Crippen molar-refractivity contribution in [1.29, 1.82) is 0 Å². The Morgan fingerprint density at radius 1 is 0.820 bits per heavy atom. The molecule has 1 unspecified atom stereocenters. The number of methoxy groups -OCH3 is 1. The number of aliphatic carboxylic acids is 1. The number of carbonyl (C=O) groups excluding carboxylic acids is 2. The average molecular weight is 838 g/mol. The summed E-state index contributed by atoms with van der Waals surface area (Å²) < 4.78 is 11.9. The number of nitrogens with one attached hydrogen (secondary N) is 1. The van der Waals surface area contributed by atoms with Gasteiger partial charge >= 0.3 is 11.9 Å². The molecule has 6 saturated carbocycles. The summed E-state index contributed by atoms with van der Waals surface area (Å²) in [5, 5.41) is 9.72. The van der Waals surface area contributed by atoms with Gasteiger partial charge < -0.3 is 24.5 Å². The molecule has 0 bridgehead atoms. The van der Waals surface area contributed by atoms with Crippen molar-refractivity contribution in [2.24, 2.45) is 79.8 Å². The molecule has 9 nitrogen and oxygen atoms in total. The first-order valence-electron chi connectivity index (χ1n) is 24.2. The summed E-state index contributed by atoms with van der Waals surface area (Å²) in [5.74, 6) is 3.26. The maximum atomic E-state index is 15.6. The van der Waals surface area contributed by atoms with Crippen LogP contribution in [0.25, 0.3) is 11.3 Å². The number of hydrogen-bond acceptors (Lipinski definition) is 6. The molecule has 2 heterocycles. The van der Waals surface area contributed by atoms with Gasteiger partial charge in [0.25, 0.3) is 0 Å². The number of esters is 1. The van der Waals surface area contributed by atoms with Gasteiger partial charge in [-0.15, -0.1) is 0 Å². The molecule has 1 aromatic heterocycles. The third-order valence-corrected chi connectivity index (χ3v) is 20.6. The second kappa shape index (κ2) is 14.6. The van der Waals surface area contributed by atoms with Crippen LogP contribution in [-0.2, 0) is 19.1 Å². The first-order valence-corrected chi connectivity index (χ1v) is 24.2. The van der Waals surface area contributed by atoms with Gasteiger partial charge in [0.15, 0.2) is 0 Å². The third-order valence-electron chi connectivity index (χ3n) is 20.6. The van der Waals surface area contributed by atoms with Crippen molar-refractivity contribution in [3.63, 3.8) is 0 Å². The summed E-state index contributed by atoms with van der Waals surface area (Å²) in [5.41, 5.74) is 1.37. The van der Waals surface area contributed by atoms with E-state index in [9.17, 15) is 14.7 Å². The molecule has 6 aliphatic carbocycles. The number of H-pyrrole nitrogens is 1. The zero-order valence-electron chi connectivity index (χ0n) is 38.9. The van der Waals surface area contributed by atoms with Crippen LogP contribution in [0.4, 0.5) is 0 Å². The van der Waals surface area contributed by atoms with E-state index in [1.54, 1.807) is 7.11 Å². The van der Waals surface area contributed by atoms with E-state index in [0.717, 1.165) is 87.2 Å². The van der Waals surface area contributed by atoms with Crippen molar-refractivity contribution >= 4 is 17.8 Å². The Morgan fingerprint density at radius 2 is 1.56 bits per heavy atom. The van der Waals surface area contributed by atoms with Crippen LogP contribution in [0.3, 0.4) is 0 Å². The zero-order chi connectivity index (χ0) is 43.7. The van der Waals surface area contributed by atoms with Gasteiger partial charge in [-0.3, -0.25) is 14.4 Å². The van der Waals surface area contributed by atoms with E-state index in [1.807, 2.05) is 32.2 Å². The molecule has 0 radical (unpaired) electrons. The number of aromatic amines is 1. The Bertz CT molecular complexity index is 2040. The Balaban J connectivity index is 0.959. The van der Waals surface area contributed by atoms with Crippen LogP contribution >= 0.6 is 0 Å². The molecule has 2 N–H and O–H groups in total. The average Bonchev–Trinajstić information content (AvgIpc) is 3.98. The molecule has 13 atom stereocenters. The van der Waals surface area contributed by atoms with Crippen LogP contribution in [0.2, 0.25) is 0 Å². The van der Waals surface area contributed by atoms with Crippen LogP contribution in [-0.4, -0.2) is 57.6 Å². The van der Waals surface area contributed by atoms with Crippen molar-refractivity contribution in [2.45, 2.75) is 158 Å². The number of amides is 1. The van der Waals surface area contributed by atoms with Gasteiger partial charge in [0.1, 0.15) is 17.7 Å². The summed E-state index contributed by atoms with van der Waals surface area (Å²) in [6.45, 7) is 22.1. The fourth-order valence-electron chi connectivity index (χ4n) is 16.9. The molecule has 1 aliphatic heterocycles. The van der Waals surface area contributed by atoms with Gasteiger partial charge in [0.2, 0.25) is 5.91 Å². The minimum Gasteiger partial charge on any atom is -0.497 e. The van der Waals surface area contributed by atoms with Crippen molar-refractivity contribution in [2.75, 3.05) is 13.7 Å². The number of ether oxygens (including phenoxy) is 2. The number of carbonyl (C=O) groups is 3. The maximum absolute atomic E-state index is 15.6. The van der Waals surface area contributed by atoms with E-state index in [4.69, 9.17) is 14.5 Å². The number of hydrogen-bond donors (Lipinski definition) is 2. The zero-order valence-corrected chi connectivity index (χ0v) is 38.9. The number of imidazole rings is 1. The van der Waals surface area contributed by atoms with Crippen molar-refractivity contribution < 1.29 is 29.0 Å². The van der Waals surface area contributed by atoms with Gasteiger partial charge in [-0.1, -0.05) is 62.3 Å². The Kier molecular flexibility index (Phi) is 10.3. The Hall–Kier alpha value is -3.36. The molecule has 1 saturated heterocycles. The van der Waals surface area contributed by atoms with E-state index in [1.165, 1.54) is 19.3 Å². The number of nitrogens with zero attached hydrogens (tertiary/aromatic N) is 2. The normalized spacial score (nSPS) is 42.1. The number of fused-ring (bicyclic) bond motifs is 7. The molecule has 2 aromatic rings. The predicted molar refractivity (Wildman–Crippen MR) is 236 cm³/mol. The monoisotopic (exact) mass is 838 g/mol. The highest BCUT2D eigenvalue weighted by Crippen LogP contribution is 2.78. The number of rotatable bonds is 8. The molecule has 7 fully saturated rings. The van der Waals surface area contributed by atoms with E-state index >= 15 is 4.79 Å². The minimum absolute atomic E-state index is 0.0240. The van der Waals surface area contributed by atoms with E-state index in [0.29, 0.717) is 47.8 Å². The SMILES string of the molecule is COc1ccc(-c2cnc(C3CCCN3C(=O)[C@]34CC[C@@H](C(C)C)[C@@H]3[C@H]3CC[C@@H]5[C@@]6(C)CC[C@H](OC(=O)[C@H]7C[C@@H](C(=O)O)C7(C)C)C(C)(C)[C@@H]6CC[C@@]5(C)[C@]3(C)CC4)[nH]2)cc1. The summed E-state index contributed by atoms with van der Waals surface area (Å²) in [6.07, 6.45) is 14.9.